The van der Waals surface area contributed by atoms with Crippen LogP contribution in [0.3, 0.4) is 0 Å². The molecule has 0 aliphatic carbocycles. The highest BCUT2D eigenvalue weighted by atomic mass is 32.1. The standard InChI is InChI=1S/C13H17F3N4S/c14-13(15,16)9-2-5-19(6-3-9)11-10(1-4-17)20-7-8-21-12(20)18-11/h7-9H,1-6,17H2. The van der Waals surface area contributed by atoms with Gasteiger partial charge >= 0.3 is 6.18 Å². The van der Waals surface area contributed by atoms with Gasteiger partial charge in [-0.25, -0.2) is 4.98 Å². The summed E-state index contributed by atoms with van der Waals surface area (Å²) in [6.07, 6.45) is -1.20. The third-order valence-electron chi connectivity index (χ3n) is 3.98. The monoisotopic (exact) mass is 318 g/mol. The third kappa shape index (κ3) is 2.74. The van der Waals surface area contributed by atoms with E-state index in [2.05, 4.69) is 4.98 Å². The van der Waals surface area contributed by atoms with E-state index in [1.807, 2.05) is 20.9 Å². The zero-order valence-electron chi connectivity index (χ0n) is 11.4. The summed E-state index contributed by atoms with van der Waals surface area (Å²) in [4.78, 5) is 7.41. The van der Waals surface area contributed by atoms with Crippen molar-refractivity contribution in [1.82, 2.24) is 9.38 Å². The number of aromatic nitrogens is 2. The first-order valence-corrected chi connectivity index (χ1v) is 7.85. The van der Waals surface area contributed by atoms with Gasteiger partial charge in [0, 0.05) is 31.1 Å². The summed E-state index contributed by atoms with van der Waals surface area (Å²) in [6.45, 7) is 1.29. The van der Waals surface area contributed by atoms with Crippen molar-refractivity contribution in [3.63, 3.8) is 0 Å². The number of fused-ring (bicyclic) bond motifs is 1. The fraction of sp³-hybridized carbons (Fsp3) is 0.615. The summed E-state index contributed by atoms with van der Waals surface area (Å²) < 4.78 is 40.2. The first-order valence-electron chi connectivity index (χ1n) is 6.97. The van der Waals surface area contributed by atoms with Crippen LogP contribution in [0.4, 0.5) is 19.0 Å². The van der Waals surface area contributed by atoms with Crippen molar-refractivity contribution in [1.29, 1.82) is 0 Å². The molecule has 8 heteroatoms. The van der Waals surface area contributed by atoms with Gasteiger partial charge < -0.3 is 10.6 Å². The lowest BCUT2D eigenvalue weighted by atomic mass is 9.96. The van der Waals surface area contributed by atoms with Crippen molar-refractivity contribution in [2.45, 2.75) is 25.4 Å². The Balaban J connectivity index is 1.82. The van der Waals surface area contributed by atoms with Gasteiger partial charge in [0.15, 0.2) is 10.8 Å². The Morgan fingerprint density at radius 2 is 2.05 bits per heavy atom. The number of piperidine rings is 1. The molecule has 4 nitrogen and oxygen atoms in total. The van der Waals surface area contributed by atoms with Gasteiger partial charge in [-0.1, -0.05) is 0 Å². The van der Waals surface area contributed by atoms with Crippen molar-refractivity contribution < 1.29 is 13.2 Å². The average molecular weight is 318 g/mol. The van der Waals surface area contributed by atoms with Crippen LogP contribution < -0.4 is 10.6 Å². The molecule has 1 aliphatic heterocycles. The van der Waals surface area contributed by atoms with Crippen LogP contribution in [0, 0.1) is 5.92 Å². The minimum absolute atomic E-state index is 0.136. The molecular formula is C13H17F3N4S. The maximum absolute atomic E-state index is 12.7. The van der Waals surface area contributed by atoms with Crippen LogP contribution in [0.25, 0.3) is 4.96 Å². The highest BCUT2D eigenvalue weighted by Gasteiger charge is 2.41. The number of alkyl halides is 3. The van der Waals surface area contributed by atoms with Gasteiger partial charge in [0.25, 0.3) is 0 Å². The molecule has 0 amide bonds. The highest BCUT2D eigenvalue weighted by molar-refractivity contribution is 7.15. The van der Waals surface area contributed by atoms with Gasteiger partial charge in [0.2, 0.25) is 0 Å². The molecule has 0 atom stereocenters. The lowest BCUT2D eigenvalue weighted by molar-refractivity contribution is -0.179. The summed E-state index contributed by atoms with van der Waals surface area (Å²) in [7, 11) is 0. The van der Waals surface area contributed by atoms with E-state index >= 15 is 0 Å². The average Bonchev–Trinajstić information content (AvgIpc) is 3.01. The second-order valence-corrected chi connectivity index (χ2v) is 6.15. The number of halogens is 3. The van der Waals surface area contributed by atoms with Crippen LogP contribution in [-0.4, -0.2) is 35.2 Å². The van der Waals surface area contributed by atoms with Crippen LogP contribution >= 0.6 is 11.3 Å². The van der Waals surface area contributed by atoms with Crippen molar-refractivity contribution >= 4 is 22.1 Å². The number of imidazole rings is 1. The van der Waals surface area contributed by atoms with E-state index in [0.29, 0.717) is 26.1 Å². The Bertz CT molecular complexity index is 610. The predicted molar refractivity (Wildman–Crippen MR) is 76.8 cm³/mol. The quantitative estimate of drug-likeness (QED) is 0.946. The summed E-state index contributed by atoms with van der Waals surface area (Å²) in [6, 6.07) is 0. The van der Waals surface area contributed by atoms with E-state index in [4.69, 9.17) is 5.73 Å². The first-order chi connectivity index (χ1) is 10.0. The smallest absolute Gasteiger partial charge is 0.355 e. The van der Waals surface area contributed by atoms with Crippen molar-refractivity contribution in [3.05, 3.63) is 17.3 Å². The van der Waals surface area contributed by atoms with Crippen LogP contribution in [0.1, 0.15) is 18.5 Å². The van der Waals surface area contributed by atoms with Crippen LogP contribution in [-0.2, 0) is 6.42 Å². The van der Waals surface area contributed by atoms with Gasteiger partial charge in [0.1, 0.15) is 0 Å². The fourth-order valence-corrected chi connectivity index (χ4v) is 3.59. The third-order valence-corrected chi connectivity index (χ3v) is 4.74. The fourth-order valence-electron chi connectivity index (χ4n) is 2.86. The van der Waals surface area contributed by atoms with Crippen LogP contribution in [0.2, 0.25) is 0 Å². The van der Waals surface area contributed by atoms with Gasteiger partial charge in [-0.2, -0.15) is 13.2 Å². The molecule has 0 saturated carbocycles. The number of rotatable bonds is 3. The van der Waals surface area contributed by atoms with Gasteiger partial charge in [-0.3, -0.25) is 4.40 Å². The van der Waals surface area contributed by atoms with Gasteiger partial charge in [-0.05, 0) is 19.4 Å². The normalized spacial score (nSPS) is 17.8. The molecule has 0 radical (unpaired) electrons. The second kappa shape index (κ2) is 5.49. The predicted octanol–water partition coefficient (Wildman–Crippen LogP) is 2.68. The number of hydrogen-bond donors (Lipinski definition) is 1. The molecular weight excluding hydrogens is 301 g/mol. The van der Waals surface area contributed by atoms with Crippen molar-refractivity contribution in [3.8, 4) is 0 Å². The summed E-state index contributed by atoms with van der Waals surface area (Å²) >= 11 is 1.52. The molecule has 2 N–H and O–H groups in total. The molecule has 2 aromatic rings. The lowest BCUT2D eigenvalue weighted by Crippen LogP contribution is -2.39. The van der Waals surface area contributed by atoms with Crippen LogP contribution in [0.5, 0.6) is 0 Å². The topological polar surface area (TPSA) is 46.6 Å². The Kier molecular flexibility index (Phi) is 3.83. The van der Waals surface area contributed by atoms with E-state index in [1.165, 1.54) is 11.3 Å². The number of hydrogen-bond acceptors (Lipinski definition) is 4. The molecule has 0 spiro atoms. The maximum atomic E-state index is 12.7. The van der Waals surface area contributed by atoms with E-state index < -0.39 is 12.1 Å². The number of nitrogens with two attached hydrogens (primary N) is 1. The minimum Gasteiger partial charge on any atom is -0.355 e. The SMILES string of the molecule is NCCc1c(N2CCC(C(F)(F)F)CC2)nc2sccn12. The Hall–Kier alpha value is -1.28. The van der Waals surface area contributed by atoms with E-state index in [9.17, 15) is 13.2 Å². The zero-order valence-corrected chi connectivity index (χ0v) is 12.3. The molecule has 116 valence electrons. The van der Waals surface area contributed by atoms with E-state index in [0.717, 1.165) is 16.5 Å². The zero-order chi connectivity index (χ0) is 15.0. The molecule has 1 aliphatic rings. The van der Waals surface area contributed by atoms with E-state index in [-0.39, 0.29) is 12.8 Å². The van der Waals surface area contributed by atoms with E-state index in [1.54, 1.807) is 0 Å². The number of anilines is 1. The molecule has 2 aromatic heterocycles. The molecule has 0 unspecified atom stereocenters. The number of nitrogens with zero attached hydrogens (tertiary/aromatic N) is 3. The Morgan fingerprint density at radius 1 is 1.33 bits per heavy atom. The molecule has 1 saturated heterocycles. The highest BCUT2D eigenvalue weighted by Crippen LogP contribution is 2.36. The lowest BCUT2D eigenvalue weighted by Gasteiger charge is -2.33. The summed E-state index contributed by atoms with van der Waals surface area (Å²) in [5.41, 5.74) is 6.65. The molecule has 0 bridgehead atoms. The largest absolute Gasteiger partial charge is 0.391 e. The second-order valence-electron chi connectivity index (χ2n) is 5.28. The first kappa shape index (κ1) is 14.6. The molecule has 21 heavy (non-hydrogen) atoms. The minimum atomic E-state index is -4.08. The molecule has 0 aromatic carbocycles. The number of thiazole rings is 1. The van der Waals surface area contributed by atoms with Crippen molar-refractivity contribution in [2.75, 3.05) is 24.5 Å². The Morgan fingerprint density at radius 3 is 2.67 bits per heavy atom. The molecule has 3 rings (SSSR count). The Labute approximate surface area is 124 Å². The van der Waals surface area contributed by atoms with Gasteiger partial charge in [-0.15, -0.1) is 11.3 Å². The molecule has 1 fully saturated rings. The summed E-state index contributed by atoms with van der Waals surface area (Å²) in [5, 5.41) is 1.95. The van der Waals surface area contributed by atoms with Gasteiger partial charge in [0.05, 0.1) is 11.6 Å². The van der Waals surface area contributed by atoms with Crippen LogP contribution in [0.15, 0.2) is 11.6 Å². The summed E-state index contributed by atoms with van der Waals surface area (Å²) in [5.74, 6) is -0.386. The van der Waals surface area contributed by atoms with Crippen molar-refractivity contribution in [2.24, 2.45) is 11.7 Å². The molecule has 3 heterocycles. The maximum Gasteiger partial charge on any atom is 0.391 e.